The molecular formula is C39H46N10O14. The van der Waals surface area contributed by atoms with Gasteiger partial charge in [0.05, 0.1) is 0 Å². The van der Waals surface area contributed by atoms with Gasteiger partial charge in [-0.3, -0.25) is 47.9 Å². The Morgan fingerprint density at radius 1 is 0.397 bits per heavy atom. The van der Waals surface area contributed by atoms with Crippen LogP contribution >= 0.6 is 0 Å². The van der Waals surface area contributed by atoms with E-state index in [2.05, 4.69) is 31.9 Å². The summed E-state index contributed by atoms with van der Waals surface area (Å²) < 4.78 is 0.624. The van der Waals surface area contributed by atoms with Gasteiger partial charge in [-0.2, -0.15) is 0 Å². The van der Waals surface area contributed by atoms with Gasteiger partial charge < -0.3 is 52.7 Å². The van der Waals surface area contributed by atoms with Crippen LogP contribution in [0.15, 0.2) is 92.0 Å². The van der Waals surface area contributed by atoms with Gasteiger partial charge >= 0.3 is 0 Å². The number of rotatable bonds is 22. The van der Waals surface area contributed by atoms with E-state index in [1.54, 1.807) is 0 Å². The SMILES string of the molecule is O=C(NCCCC[C@H](NC(=O)c1cccc(=O)n1O)C(=O)NCCCNC(=O)[C@H](CCCCNC(=O)c1cccc(=O)n1O)NC(=O)c1cccc(=O)n1O)c1cccc(=O)n1O. The Bertz CT molecular complexity index is 2370. The second-order valence-corrected chi connectivity index (χ2v) is 13.7. The fourth-order valence-electron chi connectivity index (χ4n) is 5.91. The predicted octanol–water partition coefficient (Wildman–Crippen LogP) is -2.00. The fourth-order valence-corrected chi connectivity index (χ4v) is 5.91. The molecule has 0 aliphatic carbocycles. The van der Waals surface area contributed by atoms with Crippen molar-refractivity contribution in [2.45, 2.75) is 57.0 Å². The summed E-state index contributed by atoms with van der Waals surface area (Å²) in [5.41, 5.74) is -4.87. The molecule has 0 radical (unpaired) electrons. The topological polar surface area (TPSA) is 344 Å². The van der Waals surface area contributed by atoms with Crippen LogP contribution in [0.25, 0.3) is 0 Å². The first-order valence-electron chi connectivity index (χ1n) is 19.5. The zero-order valence-electron chi connectivity index (χ0n) is 33.5. The Morgan fingerprint density at radius 3 is 1.00 bits per heavy atom. The first-order chi connectivity index (χ1) is 30.1. The average molecular weight is 879 g/mol. The third-order valence-electron chi connectivity index (χ3n) is 9.26. The van der Waals surface area contributed by atoms with E-state index in [0.29, 0.717) is 0 Å². The van der Waals surface area contributed by atoms with Gasteiger partial charge in [0.25, 0.3) is 45.9 Å². The van der Waals surface area contributed by atoms with Crippen molar-refractivity contribution < 1.29 is 49.6 Å². The van der Waals surface area contributed by atoms with E-state index >= 15 is 0 Å². The van der Waals surface area contributed by atoms with Crippen molar-refractivity contribution in [3.63, 3.8) is 0 Å². The molecule has 0 saturated heterocycles. The normalized spacial score (nSPS) is 11.7. The highest BCUT2D eigenvalue weighted by molar-refractivity contribution is 5.97. The Kier molecular flexibility index (Phi) is 17.3. The van der Waals surface area contributed by atoms with E-state index in [1.165, 1.54) is 36.4 Å². The number of nitrogens with one attached hydrogen (secondary N) is 6. The zero-order chi connectivity index (χ0) is 46.1. The van der Waals surface area contributed by atoms with E-state index in [0.717, 1.165) is 36.4 Å². The number of nitrogens with zero attached hydrogens (tertiary/aromatic N) is 4. The minimum atomic E-state index is -1.21. The lowest BCUT2D eigenvalue weighted by atomic mass is 10.1. The smallest absolute Gasteiger partial charge is 0.283 e. The average Bonchev–Trinajstić information content (AvgIpc) is 3.25. The molecule has 0 fully saturated rings. The third kappa shape index (κ3) is 13.4. The van der Waals surface area contributed by atoms with Crippen LogP contribution in [0.4, 0.5) is 0 Å². The molecular weight excluding hydrogens is 832 g/mol. The lowest BCUT2D eigenvalue weighted by Crippen LogP contribution is -2.49. The van der Waals surface area contributed by atoms with Crippen LogP contribution in [0.1, 0.15) is 86.9 Å². The number of pyridine rings is 4. The van der Waals surface area contributed by atoms with Crippen LogP contribution in [-0.4, -0.2) is 113 Å². The monoisotopic (exact) mass is 878 g/mol. The van der Waals surface area contributed by atoms with Crippen molar-refractivity contribution in [2.75, 3.05) is 26.2 Å². The van der Waals surface area contributed by atoms with Crippen molar-refractivity contribution in [2.24, 2.45) is 0 Å². The first-order valence-corrected chi connectivity index (χ1v) is 19.5. The van der Waals surface area contributed by atoms with Crippen LogP contribution in [0.3, 0.4) is 0 Å². The lowest BCUT2D eigenvalue weighted by Gasteiger charge is -2.20. The molecule has 2 atom stereocenters. The summed E-state index contributed by atoms with van der Waals surface area (Å²) in [7, 11) is 0. The molecule has 0 saturated carbocycles. The summed E-state index contributed by atoms with van der Waals surface area (Å²) in [6.45, 7) is 0.0616. The number of hydrogen-bond donors (Lipinski definition) is 10. The van der Waals surface area contributed by atoms with Crippen molar-refractivity contribution >= 4 is 35.4 Å². The molecule has 4 rings (SSSR count). The number of carbonyl (C=O) groups is 6. The first kappa shape index (κ1) is 47.5. The van der Waals surface area contributed by atoms with E-state index in [4.69, 9.17) is 0 Å². The van der Waals surface area contributed by atoms with Gasteiger partial charge in [0, 0.05) is 50.4 Å². The molecule has 24 heteroatoms. The van der Waals surface area contributed by atoms with Crippen LogP contribution in [0, 0.1) is 0 Å². The Morgan fingerprint density at radius 2 is 0.683 bits per heavy atom. The Balaban J connectivity index is 1.31. The molecule has 24 nitrogen and oxygen atoms in total. The summed E-state index contributed by atoms with van der Waals surface area (Å²) in [6, 6.07) is 11.6. The van der Waals surface area contributed by atoms with Gasteiger partial charge in [0.1, 0.15) is 34.9 Å². The van der Waals surface area contributed by atoms with E-state index in [1.807, 2.05) is 0 Å². The molecule has 4 aromatic rings. The Hall–Kier alpha value is -8.18. The van der Waals surface area contributed by atoms with Crippen LogP contribution in [0.5, 0.6) is 0 Å². The molecule has 0 aromatic carbocycles. The van der Waals surface area contributed by atoms with Crippen LogP contribution < -0.4 is 54.1 Å². The summed E-state index contributed by atoms with van der Waals surface area (Å²) in [5, 5.41) is 55.0. The molecule has 336 valence electrons. The number of carbonyl (C=O) groups excluding carboxylic acids is 6. The van der Waals surface area contributed by atoms with Crippen molar-refractivity contribution in [1.82, 2.24) is 50.8 Å². The van der Waals surface area contributed by atoms with E-state index < -0.39 is 81.2 Å². The van der Waals surface area contributed by atoms with E-state index in [-0.39, 0.29) is 101 Å². The van der Waals surface area contributed by atoms with Crippen molar-refractivity contribution in [1.29, 1.82) is 0 Å². The lowest BCUT2D eigenvalue weighted by molar-refractivity contribution is -0.123. The maximum Gasteiger partial charge on any atom is 0.283 e. The number of unbranched alkanes of at least 4 members (excludes halogenated alkanes) is 2. The van der Waals surface area contributed by atoms with Gasteiger partial charge in [-0.05, 0) is 69.2 Å². The minimum Gasteiger partial charge on any atom is -0.425 e. The number of aromatic nitrogens is 4. The molecule has 4 heterocycles. The number of hydrogen-bond acceptors (Lipinski definition) is 14. The molecule has 0 spiro atoms. The largest absolute Gasteiger partial charge is 0.425 e. The molecule has 0 bridgehead atoms. The summed E-state index contributed by atoms with van der Waals surface area (Å²) in [5.74, 6) is -4.69. The zero-order valence-corrected chi connectivity index (χ0v) is 33.5. The summed E-state index contributed by atoms with van der Waals surface area (Å²) >= 11 is 0. The molecule has 4 aromatic heterocycles. The summed E-state index contributed by atoms with van der Waals surface area (Å²) in [6.07, 6.45) is 1.25. The minimum absolute atomic E-state index is 0.0195. The standard InChI is InChI=1S/C39H46N10O14/c50-30-16-5-12-26(46(30)60)36(56)42-20-3-1-10-24(44-38(58)28-14-7-18-32(52)48(28)62)34(54)40-22-9-23-41-35(55)25(45-39(59)29-15-8-19-33(53)49(29)63)11-2-4-21-43-37(57)27-13-6-17-31(51)47(27)61/h5-8,12-19,24-25,60-63H,1-4,9-11,20-23H2,(H,40,54)(H,41,55)(H,42,56)(H,43,57)(H,44,58)(H,45,59)/t24-,25-/m0/s1. The van der Waals surface area contributed by atoms with E-state index in [9.17, 15) is 68.8 Å². The fraction of sp³-hybridized carbons (Fsp3) is 0.333. The summed E-state index contributed by atoms with van der Waals surface area (Å²) in [4.78, 5) is 124. The Labute approximate surface area is 355 Å². The second kappa shape index (κ2) is 23.0. The molecule has 0 unspecified atom stereocenters. The van der Waals surface area contributed by atoms with Gasteiger partial charge in [-0.15, -0.1) is 18.9 Å². The second-order valence-electron chi connectivity index (χ2n) is 13.7. The maximum atomic E-state index is 13.3. The highest BCUT2D eigenvalue weighted by Gasteiger charge is 2.25. The molecule has 0 aliphatic heterocycles. The maximum absolute atomic E-state index is 13.3. The third-order valence-corrected chi connectivity index (χ3v) is 9.26. The van der Waals surface area contributed by atoms with Crippen molar-refractivity contribution in [3.8, 4) is 0 Å². The van der Waals surface area contributed by atoms with Gasteiger partial charge in [0.2, 0.25) is 11.8 Å². The predicted molar refractivity (Wildman–Crippen MR) is 217 cm³/mol. The van der Waals surface area contributed by atoms with Crippen molar-refractivity contribution in [3.05, 3.63) is 137 Å². The quantitative estimate of drug-likeness (QED) is 0.0302. The van der Waals surface area contributed by atoms with Gasteiger partial charge in [-0.25, -0.2) is 0 Å². The molecule has 63 heavy (non-hydrogen) atoms. The highest BCUT2D eigenvalue weighted by atomic mass is 16.5. The van der Waals surface area contributed by atoms with Gasteiger partial charge in [0.15, 0.2) is 0 Å². The van der Waals surface area contributed by atoms with Crippen LogP contribution in [0.2, 0.25) is 0 Å². The highest BCUT2D eigenvalue weighted by Crippen LogP contribution is 2.07. The molecule has 10 N–H and O–H groups in total. The molecule has 6 amide bonds. The molecule has 0 aliphatic rings. The number of amides is 6. The van der Waals surface area contributed by atoms with Crippen LogP contribution in [-0.2, 0) is 9.59 Å². The van der Waals surface area contributed by atoms with Gasteiger partial charge in [-0.1, -0.05) is 24.3 Å².